The van der Waals surface area contributed by atoms with E-state index in [1.165, 1.54) is 13.4 Å². The van der Waals surface area contributed by atoms with Crippen molar-refractivity contribution in [2.24, 2.45) is 0 Å². The molecule has 1 aliphatic rings. The maximum absolute atomic E-state index is 13.3. The lowest BCUT2D eigenvalue weighted by molar-refractivity contribution is -0.147. The molecule has 0 fully saturated rings. The Morgan fingerprint density at radius 3 is 2.65 bits per heavy atom. The van der Waals surface area contributed by atoms with Crippen LogP contribution in [0, 0.1) is 0 Å². The predicted octanol–water partition coefficient (Wildman–Crippen LogP) is 4.12. The van der Waals surface area contributed by atoms with Crippen molar-refractivity contribution in [3.8, 4) is 28.4 Å². The van der Waals surface area contributed by atoms with Crippen LogP contribution in [0.4, 0.5) is 0 Å². The van der Waals surface area contributed by atoms with E-state index in [-0.39, 0.29) is 5.43 Å². The molecule has 0 saturated carbocycles. The number of carbonyl (C=O) groups is 1. The minimum Gasteiger partial charge on any atom is -0.490 e. The van der Waals surface area contributed by atoms with Crippen LogP contribution < -0.4 is 19.6 Å². The van der Waals surface area contributed by atoms with Gasteiger partial charge in [0.1, 0.15) is 17.6 Å². The summed E-state index contributed by atoms with van der Waals surface area (Å²) in [7, 11) is 1.31. The van der Waals surface area contributed by atoms with Crippen molar-refractivity contribution in [3.05, 3.63) is 52.4 Å². The first kappa shape index (κ1) is 20.8. The van der Waals surface area contributed by atoms with Gasteiger partial charge in [-0.2, -0.15) is 0 Å². The maximum Gasteiger partial charge on any atom is 0.346 e. The molecule has 0 N–H and O–H groups in total. The standard InChI is InChI=1S/C24H24O7/c1-4-15-10-17-21(12-20(15)31-14(2)24(26)27-3)30-13-18(23(17)25)16-6-7-19-22(11-16)29-9-5-8-28-19/h6-7,10-14H,4-5,8-9H2,1-3H3. The van der Waals surface area contributed by atoms with E-state index in [2.05, 4.69) is 0 Å². The van der Waals surface area contributed by atoms with Gasteiger partial charge in [0.2, 0.25) is 5.43 Å². The van der Waals surface area contributed by atoms with Gasteiger partial charge in [-0.3, -0.25) is 4.79 Å². The summed E-state index contributed by atoms with van der Waals surface area (Å²) in [6.07, 6.45) is 2.08. The molecule has 4 rings (SSSR count). The predicted molar refractivity (Wildman–Crippen MR) is 115 cm³/mol. The van der Waals surface area contributed by atoms with Gasteiger partial charge in [-0.1, -0.05) is 13.0 Å². The molecule has 1 aliphatic heterocycles. The van der Waals surface area contributed by atoms with Crippen LogP contribution in [-0.2, 0) is 16.0 Å². The SMILES string of the molecule is CCc1cc2c(=O)c(-c3ccc4c(c3)OCCCO4)coc2cc1OC(C)C(=O)OC. The molecule has 3 aromatic rings. The Hall–Kier alpha value is -3.48. The smallest absolute Gasteiger partial charge is 0.346 e. The molecule has 0 amide bonds. The molecule has 7 nitrogen and oxygen atoms in total. The first-order valence-corrected chi connectivity index (χ1v) is 10.2. The van der Waals surface area contributed by atoms with Crippen LogP contribution >= 0.6 is 0 Å². The summed E-state index contributed by atoms with van der Waals surface area (Å²) in [6.45, 7) is 4.73. The summed E-state index contributed by atoms with van der Waals surface area (Å²) in [5, 5.41) is 0.444. The average molecular weight is 424 g/mol. The highest BCUT2D eigenvalue weighted by Gasteiger charge is 2.19. The van der Waals surface area contributed by atoms with E-state index in [1.54, 1.807) is 25.1 Å². The lowest BCUT2D eigenvalue weighted by atomic mass is 10.0. The minimum atomic E-state index is -0.777. The van der Waals surface area contributed by atoms with E-state index in [0.29, 0.717) is 59.0 Å². The Morgan fingerprint density at radius 1 is 1.13 bits per heavy atom. The highest BCUT2D eigenvalue weighted by Crippen LogP contribution is 2.34. The summed E-state index contributed by atoms with van der Waals surface area (Å²) in [5.41, 5.74) is 2.15. The topological polar surface area (TPSA) is 84.2 Å². The van der Waals surface area contributed by atoms with Gasteiger partial charge >= 0.3 is 5.97 Å². The second kappa shape index (κ2) is 8.71. The number of carbonyl (C=O) groups excluding carboxylic acids is 1. The van der Waals surface area contributed by atoms with E-state index < -0.39 is 12.1 Å². The second-order valence-corrected chi connectivity index (χ2v) is 7.28. The fourth-order valence-corrected chi connectivity index (χ4v) is 3.52. The van der Waals surface area contributed by atoms with Gasteiger partial charge in [-0.15, -0.1) is 0 Å². The van der Waals surface area contributed by atoms with Gasteiger partial charge in [0, 0.05) is 12.5 Å². The number of methoxy groups -OCH3 is 1. The maximum atomic E-state index is 13.3. The third-order valence-electron chi connectivity index (χ3n) is 5.23. The Bertz CT molecular complexity index is 1180. The molecule has 0 radical (unpaired) electrons. The monoisotopic (exact) mass is 424 g/mol. The lowest BCUT2D eigenvalue weighted by Crippen LogP contribution is -2.25. The highest BCUT2D eigenvalue weighted by molar-refractivity contribution is 5.84. The molecule has 0 bridgehead atoms. The van der Waals surface area contributed by atoms with Crippen molar-refractivity contribution in [2.75, 3.05) is 20.3 Å². The Morgan fingerprint density at radius 2 is 1.90 bits per heavy atom. The number of esters is 1. The second-order valence-electron chi connectivity index (χ2n) is 7.28. The summed E-state index contributed by atoms with van der Waals surface area (Å²) < 4.78 is 27.7. The van der Waals surface area contributed by atoms with Gasteiger partial charge in [-0.05, 0) is 42.7 Å². The molecular formula is C24H24O7. The van der Waals surface area contributed by atoms with E-state index in [4.69, 9.17) is 23.4 Å². The van der Waals surface area contributed by atoms with Gasteiger partial charge in [0.05, 0.1) is 31.3 Å². The zero-order valence-corrected chi connectivity index (χ0v) is 17.7. The number of ether oxygens (including phenoxy) is 4. The van der Waals surface area contributed by atoms with Crippen molar-refractivity contribution < 1.29 is 28.2 Å². The number of fused-ring (bicyclic) bond motifs is 2. The van der Waals surface area contributed by atoms with E-state index in [1.807, 2.05) is 19.1 Å². The third-order valence-corrected chi connectivity index (χ3v) is 5.23. The lowest BCUT2D eigenvalue weighted by Gasteiger charge is -2.16. The van der Waals surface area contributed by atoms with Crippen molar-refractivity contribution >= 4 is 16.9 Å². The molecule has 1 aromatic heterocycles. The fourth-order valence-electron chi connectivity index (χ4n) is 3.52. The summed E-state index contributed by atoms with van der Waals surface area (Å²) in [4.78, 5) is 25.0. The molecule has 31 heavy (non-hydrogen) atoms. The van der Waals surface area contributed by atoms with Crippen molar-refractivity contribution in [3.63, 3.8) is 0 Å². The van der Waals surface area contributed by atoms with Crippen LogP contribution in [0.3, 0.4) is 0 Å². The quantitative estimate of drug-likeness (QED) is 0.570. The highest BCUT2D eigenvalue weighted by atomic mass is 16.6. The molecule has 1 unspecified atom stereocenters. The number of aryl methyl sites for hydroxylation is 1. The van der Waals surface area contributed by atoms with Gasteiger partial charge in [0.25, 0.3) is 0 Å². The van der Waals surface area contributed by atoms with Crippen LogP contribution in [-0.4, -0.2) is 32.4 Å². The minimum absolute atomic E-state index is 0.155. The molecule has 0 saturated heterocycles. The van der Waals surface area contributed by atoms with Gasteiger partial charge in [0.15, 0.2) is 17.6 Å². The first-order chi connectivity index (χ1) is 15.0. The third kappa shape index (κ3) is 4.08. The van der Waals surface area contributed by atoms with Gasteiger partial charge < -0.3 is 23.4 Å². The van der Waals surface area contributed by atoms with Crippen LogP contribution in [0.5, 0.6) is 17.2 Å². The van der Waals surface area contributed by atoms with E-state index in [9.17, 15) is 9.59 Å². The summed E-state index contributed by atoms with van der Waals surface area (Å²) in [6, 6.07) is 8.83. The van der Waals surface area contributed by atoms with Crippen LogP contribution in [0.15, 0.2) is 45.8 Å². The van der Waals surface area contributed by atoms with Crippen LogP contribution in [0.1, 0.15) is 25.8 Å². The Labute approximate surface area is 179 Å². The summed E-state index contributed by atoms with van der Waals surface area (Å²) in [5.74, 6) is 1.29. The molecule has 2 aromatic carbocycles. The van der Waals surface area contributed by atoms with Crippen molar-refractivity contribution in [2.45, 2.75) is 32.8 Å². The molecule has 0 aliphatic carbocycles. The Balaban J connectivity index is 1.76. The van der Waals surface area contributed by atoms with Crippen molar-refractivity contribution in [1.82, 2.24) is 0 Å². The first-order valence-electron chi connectivity index (χ1n) is 10.2. The Kier molecular flexibility index (Phi) is 5.84. The zero-order chi connectivity index (χ0) is 22.0. The number of rotatable bonds is 5. The van der Waals surface area contributed by atoms with E-state index >= 15 is 0 Å². The van der Waals surface area contributed by atoms with Crippen LogP contribution in [0.2, 0.25) is 0 Å². The molecule has 2 heterocycles. The molecule has 1 atom stereocenters. The molecular weight excluding hydrogens is 400 g/mol. The number of benzene rings is 2. The van der Waals surface area contributed by atoms with Crippen molar-refractivity contribution in [1.29, 1.82) is 0 Å². The zero-order valence-electron chi connectivity index (χ0n) is 17.7. The molecule has 0 spiro atoms. The van der Waals surface area contributed by atoms with E-state index in [0.717, 1.165) is 12.0 Å². The number of hydrogen-bond donors (Lipinski definition) is 0. The summed E-state index contributed by atoms with van der Waals surface area (Å²) >= 11 is 0. The molecule has 7 heteroatoms. The average Bonchev–Trinajstić information content (AvgIpc) is 3.03. The molecule has 162 valence electrons. The fraction of sp³-hybridized carbons (Fsp3) is 0.333. The number of hydrogen-bond acceptors (Lipinski definition) is 7. The van der Waals surface area contributed by atoms with Crippen LogP contribution in [0.25, 0.3) is 22.1 Å². The normalized spacial score (nSPS) is 14.0. The largest absolute Gasteiger partial charge is 0.490 e. The van der Waals surface area contributed by atoms with Gasteiger partial charge in [-0.25, -0.2) is 4.79 Å².